The summed E-state index contributed by atoms with van der Waals surface area (Å²) in [5.41, 5.74) is 5.39. The Morgan fingerprint density at radius 2 is 1.70 bits per heavy atom. The molecule has 0 saturated heterocycles. The molecule has 5 rings (SSSR count). The van der Waals surface area contributed by atoms with Crippen LogP contribution in [0.3, 0.4) is 0 Å². The molecule has 0 atom stereocenters. The normalized spacial score (nSPS) is 12.4. The van der Waals surface area contributed by atoms with Crippen LogP contribution >= 0.6 is 23.2 Å². The zero-order valence-corrected chi connectivity index (χ0v) is 19.1. The lowest BCUT2D eigenvalue weighted by Gasteiger charge is -2.12. The molecule has 1 aliphatic rings. The first-order chi connectivity index (χ1) is 16.0. The molecule has 4 aromatic rings. The zero-order chi connectivity index (χ0) is 22.8. The van der Waals surface area contributed by atoms with Gasteiger partial charge in [0.1, 0.15) is 5.02 Å². The molecule has 3 aromatic carbocycles. The highest BCUT2D eigenvalue weighted by Gasteiger charge is 2.14. The molecule has 0 spiro atoms. The Labute approximate surface area is 201 Å². The Morgan fingerprint density at radius 3 is 2.58 bits per heavy atom. The van der Waals surface area contributed by atoms with Gasteiger partial charge in [-0.3, -0.25) is 4.79 Å². The van der Waals surface area contributed by atoms with Gasteiger partial charge in [-0.1, -0.05) is 47.5 Å². The first-order valence-corrected chi connectivity index (χ1v) is 11.3. The van der Waals surface area contributed by atoms with Crippen molar-refractivity contribution in [2.75, 3.05) is 10.6 Å². The number of anilines is 4. The van der Waals surface area contributed by atoms with E-state index in [0.29, 0.717) is 27.4 Å². The number of ketones is 1. The minimum Gasteiger partial charge on any atom is -0.339 e. The summed E-state index contributed by atoms with van der Waals surface area (Å²) in [5, 5.41) is 7.51. The maximum Gasteiger partial charge on any atom is 0.229 e. The van der Waals surface area contributed by atoms with E-state index in [1.165, 1.54) is 5.56 Å². The van der Waals surface area contributed by atoms with Crippen LogP contribution in [0.2, 0.25) is 10.0 Å². The molecule has 0 fully saturated rings. The maximum atomic E-state index is 13.2. The van der Waals surface area contributed by atoms with Crippen LogP contribution in [0.25, 0.3) is 0 Å². The molecule has 5 nitrogen and oxygen atoms in total. The van der Waals surface area contributed by atoms with Crippen LogP contribution < -0.4 is 10.6 Å². The summed E-state index contributed by atoms with van der Waals surface area (Å²) in [7, 11) is 0. The minimum absolute atomic E-state index is 0.0182. The number of nitrogens with one attached hydrogen (secondary N) is 2. The maximum absolute atomic E-state index is 13.2. The summed E-state index contributed by atoms with van der Waals surface area (Å²) < 4.78 is 0. The predicted molar refractivity (Wildman–Crippen MR) is 133 cm³/mol. The summed E-state index contributed by atoms with van der Waals surface area (Å²) in [5.74, 6) is 0.922. The second-order valence-electron chi connectivity index (χ2n) is 7.99. The number of nitrogens with zero attached hydrogens (tertiary/aromatic N) is 2. The topological polar surface area (TPSA) is 66.9 Å². The smallest absolute Gasteiger partial charge is 0.229 e. The van der Waals surface area contributed by atoms with Crippen molar-refractivity contribution in [1.29, 1.82) is 0 Å². The van der Waals surface area contributed by atoms with E-state index in [0.717, 1.165) is 35.3 Å². The molecule has 164 valence electrons. The largest absolute Gasteiger partial charge is 0.339 e. The molecule has 2 N–H and O–H groups in total. The van der Waals surface area contributed by atoms with Gasteiger partial charge in [-0.15, -0.1) is 0 Å². The van der Waals surface area contributed by atoms with Crippen molar-refractivity contribution in [3.05, 3.63) is 105 Å². The summed E-state index contributed by atoms with van der Waals surface area (Å²) in [6, 6.07) is 21.4. The number of hydrogen-bond acceptors (Lipinski definition) is 5. The molecule has 0 saturated carbocycles. The van der Waals surface area contributed by atoms with Gasteiger partial charge in [0, 0.05) is 28.4 Å². The van der Waals surface area contributed by atoms with Crippen LogP contribution in [0.4, 0.5) is 23.1 Å². The van der Waals surface area contributed by atoms with Crippen molar-refractivity contribution in [1.82, 2.24) is 9.97 Å². The van der Waals surface area contributed by atoms with E-state index in [-0.39, 0.29) is 12.2 Å². The third kappa shape index (κ3) is 5.16. The lowest BCUT2D eigenvalue weighted by atomic mass is 9.97. The van der Waals surface area contributed by atoms with Crippen molar-refractivity contribution in [2.45, 2.75) is 19.3 Å². The molecule has 1 aromatic heterocycles. The summed E-state index contributed by atoms with van der Waals surface area (Å²) in [6.07, 6.45) is 3.44. The van der Waals surface area contributed by atoms with E-state index in [9.17, 15) is 4.79 Å². The SMILES string of the molecule is O=C(Cc1cccc(Cl)c1)c1cc2cc(c1)Nc1nc(ncc1Cl)Nc1cccc(c1)CC2. The Morgan fingerprint density at radius 1 is 0.879 bits per heavy atom. The molecule has 0 radical (unpaired) electrons. The van der Waals surface area contributed by atoms with E-state index in [1.54, 1.807) is 12.3 Å². The predicted octanol–water partition coefficient (Wildman–Crippen LogP) is 6.79. The van der Waals surface area contributed by atoms with Crippen LogP contribution in [0, 0.1) is 0 Å². The molecular weight excluding hydrogens is 455 g/mol. The molecule has 2 heterocycles. The highest BCUT2D eigenvalue weighted by molar-refractivity contribution is 6.33. The van der Waals surface area contributed by atoms with Gasteiger partial charge < -0.3 is 10.6 Å². The summed E-state index contributed by atoms with van der Waals surface area (Å²) >= 11 is 12.5. The molecule has 33 heavy (non-hydrogen) atoms. The van der Waals surface area contributed by atoms with Crippen LogP contribution in [0.1, 0.15) is 27.0 Å². The molecular formula is C26H20Cl2N4O. The number of Topliss-reactive ketones (excluding diaryl/α,β-unsaturated/α-hetero) is 1. The zero-order valence-electron chi connectivity index (χ0n) is 17.6. The monoisotopic (exact) mass is 474 g/mol. The van der Waals surface area contributed by atoms with E-state index in [1.807, 2.05) is 48.5 Å². The van der Waals surface area contributed by atoms with Crippen molar-refractivity contribution < 1.29 is 4.79 Å². The standard InChI is InChI=1S/C26H20Cl2N4O/c27-20-5-1-4-17(10-20)13-24(33)19-9-18-8-7-16-3-2-6-21(11-16)31-26-29-15-23(28)25(32-26)30-22(12-18)14-19/h1-6,9-12,14-15H,7-8,13H2,(H2,29,30,31,32). The minimum atomic E-state index is 0.0182. The molecule has 7 heteroatoms. The first kappa shape index (κ1) is 21.4. The van der Waals surface area contributed by atoms with E-state index < -0.39 is 0 Å². The average molecular weight is 475 g/mol. The van der Waals surface area contributed by atoms with Gasteiger partial charge in [-0.05, 0) is 72.0 Å². The number of aromatic nitrogens is 2. The van der Waals surface area contributed by atoms with E-state index >= 15 is 0 Å². The van der Waals surface area contributed by atoms with Gasteiger partial charge >= 0.3 is 0 Å². The number of halogens is 2. The summed E-state index contributed by atoms with van der Waals surface area (Å²) in [6.45, 7) is 0. The van der Waals surface area contributed by atoms with Gasteiger partial charge in [-0.25, -0.2) is 4.98 Å². The highest BCUT2D eigenvalue weighted by atomic mass is 35.5. The Hall–Kier alpha value is -3.41. The number of hydrogen-bond donors (Lipinski definition) is 2. The third-order valence-electron chi connectivity index (χ3n) is 5.46. The Balaban J connectivity index is 1.54. The van der Waals surface area contributed by atoms with Gasteiger partial charge in [0.2, 0.25) is 5.95 Å². The number of aryl methyl sites for hydroxylation is 2. The van der Waals surface area contributed by atoms with Crippen molar-refractivity contribution in [3.63, 3.8) is 0 Å². The third-order valence-corrected chi connectivity index (χ3v) is 5.97. The van der Waals surface area contributed by atoms with Gasteiger partial charge in [0.15, 0.2) is 11.6 Å². The van der Waals surface area contributed by atoms with Gasteiger partial charge in [-0.2, -0.15) is 4.98 Å². The molecule has 0 aliphatic carbocycles. The Bertz CT molecular complexity index is 1360. The molecule has 1 aliphatic heterocycles. The molecule has 0 unspecified atom stereocenters. The van der Waals surface area contributed by atoms with Crippen molar-refractivity contribution in [3.8, 4) is 0 Å². The number of rotatable bonds is 3. The number of carbonyl (C=O) groups is 1. The van der Waals surface area contributed by atoms with Crippen LogP contribution in [0.5, 0.6) is 0 Å². The van der Waals surface area contributed by atoms with E-state index in [2.05, 4.69) is 32.7 Å². The quantitative estimate of drug-likeness (QED) is 0.319. The second-order valence-corrected chi connectivity index (χ2v) is 8.83. The fourth-order valence-corrected chi connectivity index (χ4v) is 4.23. The Kier molecular flexibility index (Phi) is 5.99. The average Bonchev–Trinajstić information content (AvgIpc) is 2.80. The second kappa shape index (κ2) is 9.22. The number of fused-ring (bicyclic) bond motifs is 6. The number of carbonyl (C=O) groups excluding carboxylic acids is 1. The first-order valence-electron chi connectivity index (χ1n) is 10.6. The fraction of sp³-hybridized carbons (Fsp3) is 0.115. The van der Waals surface area contributed by atoms with Crippen LogP contribution in [-0.2, 0) is 19.3 Å². The van der Waals surface area contributed by atoms with Crippen LogP contribution in [-0.4, -0.2) is 15.8 Å². The van der Waals surface area contributed by atoms with Crippen molar-refractivity contribution >= 4 is 52.1 Å². The number of benzene rings is 3. The van der Waals surface area contributed by atoms with Gasteiger partial charge in [0.25, 0.3) is 0 Å². The van der Waals surface area contributed by atoms with Crippen LogP contribution in [0.15, 0.2) is 72.9 Å². The highest BCUT2D eigenvalue weighted by Crippen LogP contribution is 2.28. The lowest BCUT2D eigenvalue weighted by molar-refractivity contribution is 0.0993. The van der Waals surface area contributed by atoms with E-state index in [4.69, 9.17) is 23.2 Å². The molecule has 0 amide bonds. The van der Waals surface area contributed by atoms with Gasteiger partial charge in [0.05, 0.1) is 6.20 Å². The lowest BCUT2D eigenvalue weighted by Crippen LogP contribution is -2.06. The van der Waals surface area contributed by atoms with Crippen molar-refractivity contribution in [2.24, 2.45) is 0 Å². The molecule has 6 bridgehead atoms. The summed E-state index contributed by atoms with van der Waals surface area (Å²) in [4.78, 5) is 22.0. The fourth-order valence-electron chi connectivity index (χ4n) is 3.88.